The molecule has 0 atom stereocenters. The van der Waals surface area contributed by atoms with Crippen LogP contribution in [0.3, 0.4) is 0 Å². The molecular formula is C11H20. The first-order chi connectivity index (χ1) is 5.31. The van der Waals surface area contributed by atoms with Gasteiger partial charge in [-0.15, -0.1) is 0 Å². The van der Waals surface area contributed by atoms with Crippen molar-refractivity contribution in [3.05, 3.63) is 25.3 Å². The van der Waals surface area contributed by atoms with Crippen LogP contribution in [0.2, 0.25) is 0 Å². The SMILES string of the molecule is C=CC=C.CC1CCCCC1. The second-order valence-corrected chi connectivity index (χ2v) is 3.21. The Bertz CT molecular complexity index is 90.6. The monoisotopic (exact) mass is 152 g/mol. The van der Waals surface area contributed by atoms with Crippen LogP contribution in [-0.2, 0) is 0 Å². The van der Waals surface area contributed by atoms with Crippen molar-refractivity contribution in [1.29, 1.82) is 0 Å². The van der Waals surface area contributed by atoms with E-state index in [1.54, 1.807) is 12.2 Å². The largest absolute Gasteiger partial charge is 0.0991 e. The highest BCUT2D eigenvalue weighted by molar-refractivity contribution is 4.88. The molecule has 0 aromatic carbocycles. The van der Waals surface area contributed by atoms with Gasteiger partial charge in [-0.3, -0.25) is 0 Å². The van der Waals surface area contributed by atoms with E-state index >= 15 is 0 Å². The summed E-state index contributed by atoms with van der Waals surface area (Å²) in [4.78, 5) is 0. The van der Waals surface area contributed by atoms with E-state index in [2.05, 4.69) is 20.1 Å². The summed E-state index contributed by atoms with van der Waals surface area (Å²) in [6, 6.07) is 0. The van der Waals surface area contributed by atoms with Gasteiger partial charge in [-0.2, -0.15) is 0 Å². The van der Waals surface area contributed by atoms with Crippen LogP contribution in [0.15, 0.2) is 25.3 Å². The highest BCUT2D eigenvalue weighted by Gasteiger charge is 2.05. The van der Waals surface area contributed by atoms with Crippen LogP contribution in [-0.4, -0.2) is 0 Å². The minimum Gasteiger partial charge on any atom is -0.0991 e. The van der Waals surface area contributed by atoms with E-state index in [9.17, 15) is 0 Å². The van der Waals surface area contributed by atoms with E-state index in [0.717, 1.165) is 5.92 Å². The summed E-state index contributed by atoms with van der Waals surface area (Å²) in [5.74, 6) is 1.04. The van der Waals surface area contributed by atoms with Gasteiger partial charge in [0.2, 0.25) is 0 Å². The van der Waals surface area contributed by atoms with Crippen molar-refractivity contribution in [2.24, 2.45) is 5.92 Å². The quantitative estimate of drug-likeness (QED) is 0.499. The molecule has 1 aliphatic rings. The van der Waals surface area contributed by atoms with Crippen LogP contribution < -0.4 is 0 Å². The molecule has 0 radical (unpaired) electrons. The van der Waals surface area contributed by atoms with Gasteiger partial charge < -0.3 is 0 Å². The fourth-order valence-electron chi connectivity index (χ4n) is 1.31. The fourth-order valence-corrected chi connectivity index (χ4v) is 1.31. The maximum absolute atomic E-state index is 3.36. The molecule has 0 amide bonds. The molecule has 11 heavy (non-hydrogen) atoms. The fraction of sp³-hybridized carbons (Fsp3) is 0.636. The lowest BCUT2D eigenvalue weighted by atomic mass is 9.91. The van der Waals surface area contributed by atoms with Gasteiger partial charge in [-0.1, -0.05) is 64.3 Å². The van der Waals surface area contributed by atoms with Gasteiger partial charge in [-0.05, 0) is 5.92 Å². The van der Waals surface area contributed by atoms with E-state index in [-0.39, 0.29) is 0 Å². The Morgan fingerprint density at radius 3 is 1.64 bits per heavy atom. The lowest BCUT2D eigenvalue weighted by Crippen LogP contribution is -1.99. The Morgan fingerprint density at radius 1 is 1.00 bits per heavy atom. The van der Waals surface area contributed by atoms with Crippen molar-refractivity contribution in [1.82, 2.24) is 0 Å². The number of hydrogen-bond donors (Lipinski definition) is 0. The van der Waals surface area contributed by atoms with Gasteiger partial charge in [0, 0.05) is 0 Å². The summed E-state index contributed by atoms with van der Waals surface area (Å²) in [5, 5.41) is 0. The molecule has 0 bridgehead atoms. The maximum Gasteiger partial charge on any atom is -0.0443 e. The first-order valence-corrected chi connectivity index (χ1v) is 4.54. The van der Waals surface area contributed by atoms with Crippen LogP contribution in [0.25, 0.3) is 0 Å². The summed E-state index contributed by atoms with van der Waals surface area (Å²) in [7, 11) is 0. The Hall–Kier alpha value is -0.520. The van der Waals surface area contributed by atoms with Crippen molar-refractivity contribution in [3.63, 3.8) is 0 Å². The molecule has 0 spiro atoms. The molecule has 64 valence electrons. The lowest BCUT2D eigenvalue weighted by Gasteiger charge is -2.15. The topological polar surface area (TPSA) is 0 Å². The summed E-state index contributed by atoms with van der Waals surface area (Å²) in [6.45, 7) is 9.08. The van der Waals surface area contributed by atoms with Crippen molar-refractivity contribution in [2.45, 2.75) is 39.0 Å². The first-order valence-electron chi connectivity index (χ1n) is 4.54. The molecule has 0 aromatic heterocycles. The van der Waals surface area contributed by atoms with Crippen molar-refractivity contribution >= 4 is 0 Å². The molecule has 1 saturated carbocycles. The first kappa shape index (κ1) is 10.5. The third-order valence-electron chi connectivity index (χ3n) is 2.06. The van der Waals surface area contributed by atoms with Crippen LogP contribution in [0, 0.1) is 5.92 Å². The smallest absolute Gasteiger partial charge is 0.0443 e. The molecule has 0 saturated heterocycles. The molecule has 1 aliphatic carbocycles. The number of hydrogen-bond acceptors (Lipinski definition) is 0. The second kappa shape index (κ2) is 7.59. The Labute approximate surface area is 71.0 Å². The van der Waals surface area contributed by atoms with Gasteiger partial charge in [0.1, 0.15) is 0 Å². The summed E-state index contributed by atoms with van der Waals surface area (Å²) in [6.07, 6.45) is 10.7. The number of allylic oxidation sites excluding steroid dienone is 2. The van der Waals surface area contributed by atoms with E-state index < -0.39 is 0 Å². The van der Waals surface area contributed by atoms with Crippen LogP contribution in [0.1, 0.15) is 39.0 Å². The average molecular weight is 152 g/mol. The minimum absolute atomic E-state index is 1.04. The molecule has 1 fully saturated rings. The summed E-state index contributed by atoms with van der Waals surface area (Å²) >= 11 is 0. The standard InChI is InChI=1S/C7H14.C4H6/c1-7-5-3-2-4-6-7;1-3-4-2/h7H,2-6H2,1H3;3-4H,1-2H2. The summed E-state index contributed by atoms with van der Waals surface area (Å²) in [5.41, 5.74) is 0. The molecule has 0 aromatic rings. The van der Waals surface area contributed by atoms with Crippen molar-refractivity contribution in [2.75, 3.05) is 0 Å². The molecule has 0 heteroatoms. The third kappa shape index (κ3) is 7.38. The van der Waals surface area contributed by atoms with Gasteiger partial charge in [0.25, 0.3) is 0 Å². The Balaban J connectivity index is 0.000000218. The molecule has 0 heterocycles. The van der Waals surface area contributed by atoms with Crippen LogP contribution in [0.4, 0.5) is 0 Å². The van der Waals surface area contributed by atoms with E-state index in [0.29, 0.717) is 0 Å². The molecular weight excluding hydrogens is 132 g/mol. The van der Waals surface area contributed by atoms with Crippen LogP contribution in [0.5, 0.6) is 0 Å². The minimum atomic E-state index is 1.04. The molecule has 0 nitrogen and oxygen atoms in total. The van der Waals surface area contributed by atoms with Crippen molar-refractivity contribution < 1.29 is 0 Å². The van der Waals surface area contributed by atoms with Gasteiger partial charge in [-0.25, -0.2) is 0 Å². The predicted molar refractivity (Wildman–Crippen MR) is 52.6 cm³/mol. The second-order valence-electron chi connectivity index (χ2n) is 3.21. The number of rotatable bonds is 1. The molecule has 0 aliphatic heterocycles. The van der Waals surface area contributed by atoms with Gasteiger partial charge in [0.05, 0.1) is 0 Å². The van der Waals surface area contributed by atoms with E-state index in [1.807, 2.05) is 0 Å². The highest BCUT2D eigenvalue weighted by Crippen LogP contribution is 2.21. The zero-order valence-electron chi connectivity index (χ0n) is 7.68. The van der Waals surface area contributed by atoms with E-state index in [4.69, 9.17) is 0 Å². The average Bonchev–Trinajstić information content (AvgIpc) is 2.07. The van der Waals surface area contributed by atoms with Gasteiger partial charge >= 0.3 is 0 Å². The zero-order chi connectivity index (χ0) is 8.53. The van der Waals surface area contributed by atoms with Crippen LogP contribution >= 0.6 is 0 Å². The maximum atomic E-state index is 3.36. The predicted octanol–water partition coefficient (Wildman–Crippen LogP) is 3.95. The van der Waals surface area contributed by atoms with Gasteiger partial charge in [0.15, 0.2) is 0 Å². The van der Waals surface area contributed by atoms with E-state index in [1.165, 1.54) is 32.1 Å². The lowest BCUT2D eigenvalue weighted by molar-refractivity contribution is 0.385. The molecule has 0 N–H and O–H groups in total. The summed E-state index contributed by atoms with van der Waals surface area (Å²) < 4.78 is 0. The molecule has 0 unspecified atom stereocenters. The highest BCUT2D eigenvalue weighted by atomic mass is 14.1. The molecule has 1 rings (SSSR count). The third-order valence-corrected chi connectivity index (χ3v) is 2.06. The van der Waals surface area contributed by atoms with Crippen molar-refractivity contribution in [3.8, 4) is 0 Å². The zero-order valence-corrected chi connectivity index (χ0v) is 7.68. The normalized spacial score (nSPS) is 17.9. The Kier molecular flexibility index (Phi) is 7.23. The Morgan fingerprint density at radius 2 is 1.45 bits per heavy atom.